The standard InChI is InChI=1S/C12H25NO2/c1-6-9-10(4)11(5)15-12(14)13(7-2)8-3/h10-11H,6-9H2,1-5H3. The zero-order valence-corrected chi connectivity index (χ0v) is 10.7. The molecule has 15 heavy (non-hydrogen) atoms. The van der Waals surface area contributed by atoms with Crippen LogP contribution in [0, 0.1) is 5.92 Å². The van der Waals surface area contributed by atoms with Crippen molar-refractivity contribution in [1.29, 1.82) is 0 Å². The van der Waals surface area contributed by atoms with Crippen LogP contribution in [0.4, 0.5) is 4.79 Å². The molecule has 2 atom stereocenters. The first-order valence-electron chi connectivity index (χ1n) is 6.02. The first-order chi connectivity index (χ1) is 7.06. The monoisotopic (exact) mass is 215 g/mol. The highest BCUT2D eigenvalue weighted by molar-refractivity contribution is 5.67. The van der Waals surface area contributed by atoms with E-state index in [1.165, 1.54) is 0 Å². The second kappa shape index (κ2) is 7.55. The Morgan fingerprint density at radius 3 is 2.13 bits per heavy atom. The zero-order valence-electron chi connectivity index (χ0n) is 10.7. The lowest BCUT2D eigenvalue weighted by Crippen LogP contribution is -2.35. The van der Waals surface area contributed by atoms with Crippen LogP contribution in [-0.2, 0) is 4.74 Å². The number of carbonyl (C=O) groups excluding carboxylic acids is 1. The molecule has 0 fully saturated rings. The van der Waals surface area contributed by atoms with Crippen molar-refractivity contribution in [3.05, 3.63) is 0 Å². The summed E-state index contributed by atoms with van der Waals surface area (Å²) in [4.78, 5) is 13.3. The molecule has 3 heteroatoms. The van der Waals surface area contributed by atoms with Gasteiger partial charge in [0.05, 0.1) is 0 Å². The molecule has 0 rings (SSSR count). The second-order valence-electron chi connectivity index (χ2n) is 4.03. The van der Waals surface area contributed by atoms with Crippen molar-refractivity contribution < 1.29 is 9.53 Å². The summed E-state index contributed by atoms with van der Waals surface area (Å²) < 4.78 is 5.40. The fourth-order valence-corrected chi connectivity index (χ4v) is 1.52. The number of rotatable bonds is 6. The van der Waals surface area contributed by atoms with Gasteiger partial charge < -0.3 is 9.64 Å². The van der Waals surface area contributed by atoms with Crippen LogP contribution in [0.5, 0.6) is 0 Å². The van der Waals surface area contributed by atoms with Gasteiger partial charge in [0.1, 0.15) is 6.10 Å². The Morgan fingerprint density at radius 1 is 1.20 bits per heavy atom. The lowest BCUT2D eigenvalue weighted by molar-refractivity contribution is 0.0474. The van der Waals surface area contributed by atoms with Crippen LogP contribution in [0.25, 0.3) is 0 Å². The Hall–Kier alpha value is -0.730. The SMILES string of the molecule is CCCC(C)C(C)OC(=O)N(CC)CC. The quantitative estimate of drug-likeness (QED) is 0.680. The minimum atomic E-state index is -0.185. The van der Waals surface area contributed by atoms with Crippen LogP contribution in [0.1, 0.15) is 47.5 Å². The number of ether oxygens (including phenoxy) is 1. The summed E-state index contributed by atoms with van der Waals surface area (Å²) in [6.45, 7) is 11.6. The molecule has 0 aromatic carbocycles. The van der Waals surface area contributed by atoms with Crippen LogP contribution in [-0.4, -0.2) is 30.2 Å². The first-order valence-corrected chi connectivity index (χ1v) is 6.02. The van der Waals surface area contributed by atoms with E-state index in [2.05, 4.69) is 13.8 Å². The summed E-state index contributed by atoms with van der Waals surface area (Å²) in [7, 11) is 0. The highest BCUT2D eigenvalue weighted by atomic mass is 16.6. The molecule has 90 valence electrons. The number of nitrogens with zero attached hydrogens (tertiary/aromatic N) is 1. The lowest BCUT2D eigenvalue weighted by Gasteiger charge is -2.24. The van der Waals surface area contributed by atoms with E-state index in [1.54, 1.807) is 4.90 Å². The summed E-state index contributed by atoms with van der Waals surface area (Å²) in [5.41, 5.74) is 0. The molecule has 0 N–H and O–H groups in total. The van der Waals surface area contributed by atoms with Crippen molar-refractivity contribution in [3.8, 4) is 0 Å². The van der Waals surface area contributed by atoms with Crippen molar-refractivity contribution in [1.82, 2.24) is 4.90 Å². The third kappa shape index (κ3) is 5.05. The van der Waals surface area contributed by atoms with Gasteiger partial charge in [-0.25, -0.2) is 4.79 Å². The molecule has 0 aromatic heterocycles. The Balaban J connectivity index is 4.04. The smallest absolute Gasteiger partial charge is 0.410 e. The van der Waals surface area contributed by atoms with Crippen LogP contribution < -0.4 is 0 Å². The summed E-state index contributed by atoms with van der Waals surface area (Å²) >= 11 is 0. The fraction of sp³-hybridized carbons (Fsp3) is 0.917. The van der Waals surface area contributed by atoms with E-state index in [0.29, 0.717) is 19.0 Å². The molecule has 0 aliphatic carbocycles. The summed E-state index contributed by atoms with van der Waals surface area (Å²) in [6, 6.07) is 0. The molecule has 0 aliphatic rings. The average Bonchev–Trinajstić information content (AvgIpc) is 2.19. The van der Waals surface area contributed by atoms with E-state index in [4.69, 9.17) is 4.74 Å². The third-order valence-electron chi connectivity index (χ3n) is 2.85. The minimum Gasteiger partial charge on any atom is -0.446 e. The molecule has 3 nitrogen and oxygen atoms in total. The highest BCUT2D eigenvalue weighted by Crippen LogP contribution is 2.14. The number of amides is 1. The lowest BCUT2D eigenvalue weighted by atomic mass is 10.0. The summed E-state index contributed by atoms with van der Waals surface area (Å²) in [5, 5.41) is 0. The van der Waals surface area contributed by atoms with E-state index in [9.17, 15) is 4.79 Å². The molecule has 0 radical (unpaired) electrons. The van der Waals surface area contributed by atoms with Crippen molar-refractivity contribution in [2.45, 2.75) is 53.6 Å². The van der Waals surface area contributed by atoms with Gasteiger partial charge in [-0.15, -0.1) is 0 Å². The van der Waals surface area contributed by atoms with E-state index >= 15 is 0 Å². The first kappa shape index (κ1) is 14.3. The zero-order chi connectivity index (χ0) is 11.8. The predicted molar refractivity (Wildman–Crippen MR) is 62.9 cm³/mol. The van der Waals surface area contributed by atoms with E-state index < -0.39 is 0 Å². The third-order valence-corrected chi connectivity index (χ3v) is 2.85. The van der Waals surface area contributed by atoms with E-state index in [1.807, 2.05) is 20.8 Å². The maximum Gasteiger partial charge on any atom is 0.410 e. The average molecular weight is 215 g/mol. The van der Waals surface area contributed by atoms with Gasteiger partial charge in [0.15, 0.2) is 0 Å². The normalized spacial score (nSPS) is 14.5. The van der Waals surface area contributed by atoms with Crippen molar-refractivity contribution in [3.63, 3.8) is 0 Å². The van der Waals surface area contributed by atoms with Gasteiger partial charge in [-0.3, -0.25) is 0 Å². The maximum absolute atomic E-state index is 11.6. The van der Waals surface area contributed by atoms with Gasteiger partial charge in [-0.1, -0.05) is 20.3 Å². The van der Waals surface area contributed by atoms with Crippen molar-refractivity contribution >= 4 is 6.09 Å². The Bertz CT molecular complexity index is 178. The number of hydrogen-bond donors (Lipinski definition) is 0. The van der Waals surface area contributed by atoms with E-state index in [0.717, 1.165) is 12.8 Å². The van der Waals surface area contributed by atoms with Crippen LogP contribution in [0.15, 0.2) is 0 Å². The van der Waals surface area contributed by atoms with Crippen LogP contribution in [0.2, 0.25) is 0 Å². The molecule has 0 spiro atoms. The molecule has 0 aromatic rings. The van der Waals surface area contributed by atoms with Gasteiger partial charge >= 0.3 is 6.09 Å². The maximum atomic E-state index is 11.6. The Labute approximate surface area is 93.8 Å². The Kier molecular flexibility index (Phi) is 7.18. The van der Waals surface area contributed by atoms with Gasteiger partial charge in [0, 0.05) is 13.1 Å². The van der Waals surface area contributed by atoms with Gasteiger partial charge in [-0.05, 0) is 33.1 Å². The molecule has 2 unspecified atom stereocenters. The topological polar surface area (TPSA) is 29.5 Å². The van der Waals surface area contributed by atoms with Crippen LogP contribution >= 0.6 is 0 Å². The Morgan fingerprint density at radius 2 is 1.73 bits per heavy atom. The molecule has 0 bridgehead atoms. The molecular formula is C12H25NO2. The summed E-state index contributed by atoms with van der Waals surface area (Å²) in [6.07, 6.45) is 2.06. The molecular weight excluding hydrogens is 190 g/mol. The van der Waals surface area contributed by atoms with Crippen LogP contribution in [0.3, 0.4) is 0 Å². The van der Waals surface area contributed by atoms with E-state index in [-0.39, 0.29) is 12.2 Å². The van der Waals surface area contributed by atoms with Crippen molar-refractivity contribution in [2.24, 2.45) is 5.92 Å². The molecule has 0 aliphatic heterocycles. The molecule has 0 saturated carbocycles. The second-order valence-corrected chi connectivity index (χ2v) is 4.03. The molecule has 0 saturated heterocycles. The molecule has 0 heterocycles. The number of hydrogen-bond acceptors (Lipinski definition) is 2. The predicted octanol–water partition coefficient (Wildman–Crippen LogP) is 3.29. The minimum absolute atomic E-state index is 0.0121. The van der Waals surface area contributed by atoms with Crippen molar-refractivity contribution in [2.75, 3.05) is 13.1 Å². The van der Waals surface area contributed by atoms with Gasteiger partial charge in [0.2, 0.25) is 0 Å². The van der Waals surface area contributed by atoms with Gasteiger partial charge in [-0.2, -0.15) is 0 Å². The number of carbonyl (C=O) groups is 1. The fourth-order valence-electron chi connectivity index (χ4n) is 1.52. The highest BCUT2D eigenvalue weighted by Gasteiger charge is 2.18. The molecule has 1 amide bonds. The largest absolute Gasteiger partial charge is 0.446 e. The van der Waals surface area contributed by atoms with Gasteiger partial charge in [0.25, 0.3) is 0 Å². The summed E-state index contributed by atoms with van der Waals surface area (Å²) in [5.74, 6) is 0.439.